The third-order valence-electron chi connectivity index (χ3n) is 7.14. The third-order valence-corrected chi connectivity index (χ3v) is 7.14. The fourth-order valence-corrected chi connectivity index (χ4v) is 5.20. The van der Waals surface area contributed by atoms with Crippen molar-refractivity contribution in [3.8, 4) is 23.0 Å². The first-order valence-corrected chi connectivity index (χ1v) is 12.3. The molecule has 2 N–H and O–H groups in total. The van der Waals surface area contributed by atoms with E-state index >= 15 is 0 Å². The number of ether oxygens (including phenoxy) is 3. The Morgan fingerprint density at radius 1 is 0.974 bits per heavy atom. The Labute approximate surface area is 221 Å². The van der Waals surface area contributed by atoms with Gasteiger partial charge in [0.1, 0.15) is 24.7 Å². The summed E-state index contributed by atoms with van der Waals surface area (Å²) in [4.78, 5) is 37.7. The van der Waals surface area contributed by atoms with Crippen LogP contribution in [0.15, 0.2) is 59.1 Å². The largest absolute Gasteiger partial charge is 0.508 e. The number of hydrogen-bond donors (Lipinski definition) is 2. The normalized spacial score (nSPS) is 15.8. The van der Waals surface area contributed by atoms with Crippen LogP contribution < -0.4 is 19.9 Å². The highest BCUT2D eigenvalue weighted by molar-refractivity contribution is 6.15. The van der Waals surface area contributed by atoms with Crippen LogP contribution in [-0.2, 0) is 18.9 Å². The second kappa shape index (κ2) is 9.09. The summed E-state index contributed by atoms with van der Waals surface area (Å²) in [6, 6.07) is 13.3. The summed E-state index contributed by atoms with van der Waals surface area (Å²) in [6.07, 6.45) is 1.19. The van der Waals surface area contributed by atoms with E-state index in [0.29, 0.717) is 46.9 Å². The summed E-state index contributed by atoms with van der Waals surface area (Å²) < 4.78 is 20.2. The van der Waals surface area contributed by atoms with Gasteiger partial charge in [-0.2, -0.15) is 0 Å². The molecule has 39 heavy (non-hydrogen) atoms. The van der Waals surface area contributed by atoms with E-state index in [-0.39, 0.29) is 40.5 Å². The van der Waals surface area contributed by atoms with Gasteiger partial charge in [-0.25, -0.2) is 4.79 Å². The Kier molecular flexibility index (Phi) is 5.67. The first kappa shape index (κ1) is 24.4. The molecule has 10 heteroatoms. The molecule has 0 saturated carbocycles. The summed E-state index contributed by atoms with van der Waals surface area (Å²) >= 11 is 0. The van der Waals surface area contributed by atoms with Crippen molar-refractivity contribution in [2.75, 3.05) is 13.2 Å². The minimum Gasteiger partial charge on any atom is -0.508 e. The number of rotatable bonds is 5. The Morgan fingerprint density at radius 2 is 1.72 bits per heavy atom. The Balaban J connectivity index is 1.45. The highest BCUT2D eigenvalue weighted by Gasteiger charge is 2.35. The van der Waals surface area contributed by atoms with Crippen molar-refractivity contribution in [1.29, 1.82) is 0 Å². The lowest BCUT2D eigenvalue weighted by Gasteiger charge is -2.20. The number of hydrogen-bond acceptors (Lipinski definition) is 7. The van der Waals surface area contributed by atoms with Crippen LogP contribution >= 0.6 is 0 Å². The second-order valence-corrected chi connectivity index (χ2v) is 9.52. The monoisotopic (exact) mass is 528 g/mol. The molecule has 2 aliphatic rings. The number of aryl methyl sites for hydroxylation is 2. The number of fused-ring (bicyclic) bond motifs is 3. The van der Waals surface area contributed by atoms with Gasteiger partial charge in [-0.1, -0.05) is 12.1 Å². The maximum atomic E-state index is 13.3. The van der Waals surface area contributed by atoms with Gasteiger partial charge in [-0.15, -0.1) is 0 Å². The van der Waals surface area contributed by atoms with Crippen LogP contribution in [0.25, 0.3) is 17.1 Å². The van der Waals surface area contributed by atoms with Crippen molar-refractivity contribution in [1.82, 2.24) is 9.13 Å². The molecular weight excluding hydrogens is 504 g/mol. The zero-order valence-electron chi connectivity index (χ0n) is 21.1. The number of aromatic hydroxyl groups is 1. The second-order valence-electron chi connectivity index (χ2n) is 9.52. The van der Waals surface area contributed by atoms with Crippen LogP contribution in [0.2, 0.25) is 0 Å². The molecule has 3 aromatic carbocycles. The number of carbonyl (C=O) groups excluding carboxylic acids is 1. The van der Waals surface area contributed by atoms with Gasteiger partial charge in [0, 0.05) is 25.6 Å². The van der Waals surface area contributed by atoms with Crippen molar-refractivity contribution in [3.63, 3.8) is 0 Å². The van der Waals surface area contributed by atoms with Gasteiger partial charge in [-0.3, -0.25) is 18.7 Å². The summed E-state index contributed by atoms with van der Waals surface area (Å²) in [5.74, 6) is -1.24. The van der Waals surface area contributed by atoms with Crippen LogP contribution in [0.3, 0.4) is 0 Å². The van der Waals surface area contributed by atoms with Crippen molar-refractivity contribution in [2.24, 2.45) is 14.1 Å². The molecule has 0 saturated heterocycles. The Hall–Kier alpha value is -4.99. The first-order valence-electron chi connectivity index (χ1n) is 12.3. The standard InChI is InChI=1S/C29H24N2O8/c1-30-19-6-4-16(13-20(19)31(2)29(30)36)18(14-25(33)34)26-21(32)7-5-17-27(35)24(39-28(17)26)12-15-3-8-22-23(11-15)38-10-9-37-22/h3-8,11-13,18,32H,9-10,14H2,1-2H3,(H,33,34)/b24-12-/t18-/m0/s1. The van der Waals surface area contributed by atoms with E-state index in [9.17, 15) is 24.6 Å². The average Bonchev–Trinajstić information content (AvgIpc) is 3.35. The maximum absolute atomic E-state index is 13.3. The third kappa shape index (κ3) is 4.01. The first-order chi connectivity index (χ1) is 18.7. The van der Waals surface area contributed by atoms with E-state index in [1.54, 1.807) is 56.6 Å². The van der Waals surface area contributed by atoms with Gasteiger partial charge in [0.2, 0.25) is 5.78 Å². The quantitative estimate of drug-likeness (QED) is 0.376. The molecule has 2 aliphatic heterocycles. The molecule has 0 unspecified atom stereocenters. The molecule has 4 aromatic rings. The number of ketones is 1. The van der Waals surface area contributed by atoms with Crippen molar-refractivity contribution in [3.05, 3.63) is 87.0 Å². The number of nitrogens with zero attached hydrogens (tertiary/aromatic N) is 2. The Bertz CT molecular complexity index is 1780. The van der Waals surface area contributed by atoms with E-state index < -0.39 is 17.7 Å². The lowest BCUT2D eigenvalue weighted by molar-refractivity contribution is -0.137. The smallest absolute Gasteiger partial charge is 0.328 e. The Morgan fingerprint density at radius 3 is 2.49 bits per heavy atom. The lowest BCUT2D eigenvalue weighted by Crippen LogP contribution is -2.19. The summed E-state index contributed by atoms with van der Waals surface area (Å²) in [7, 11) is 3.29. The van der Waals surface area contributed by atoms with Crippen LogP contribution in [0.4, 0.5) is 0 Å². The van der Waals surface area contributed by atoms with Gasteiger partial charge in [0.05, 0.1) is 23.0 Å². The molecule has 10 nitrogen and oxygen atoms in total. The highest BCUT2D eigenvalue weighted by atomic mass is 16.6. The van der Waals surface area contributed by atoms with Crippen LogP contribution in [-0.4, -0.2) is 44.3 Å². The molecule has 0 amide bonds. The number of Topliss-reactive ketones (excluding diaryl/α,β-unsaturated/α-hetero) is 1. The summed E-state index contributed by atoms with van der Waals surface area (Å²) in [5.41, 5.74) is 2.68. The number of carboxylic acids is 1. The molecule has 0 fully saturated rings. The zero-order valence-corrected chi connectivity index (χ0v) is 21.1. The van der Waals surface area contributed by atoms with Gasteiger partial charge >= 0.3 is 11.7 Å². The molecule has 0 radical (unpaired) electrons. The highest BCUT2D eigenvalue weighted by Crippen LogP contribution is 2.47. The predicted octanol–water partition coefficient (Wildman–Crippen LogP) is 3.58. The number of benzene rings is 3. The van der Waals surface area contributed by atoms with Crippen LogP contribution in [0.1, 0.15) is 39.4 Å². The average molecular weight is 529 g/mol. The summed E-state index contributed by atoms with van der Waals surface area (Å²) in [6.45, 7) is 0.881. The molecule has 0 aliphatic carbocycles. The number of carbonyl (C=O) groups is 2. The number of aliphatic carboxylic acids is 1. The number of aromatic nitrogens is 2. The molecule has 1 atom stereocenters. The number of phenolic OH excluding ortho intramolecular Hbond substituents is 1. The topological polar surface area (TPSA) is 129 Å². The van der Waals surface area contributed by atoms with E-state index in [2.05, 4.69) is 0 Å². The SMILES string of the molecule is Cn1c(=O)n(C)c2cc([C@H](CC(=O)O)c3c(O)ccc4c3O/C(=C\c3ccc5c(c3)OCCO5)C4=O)ccc21. The fourth-order valence-electron chi connectivity index (χ4n) is 5.20. The molecule has 0 bridgehead atoms. The van der Waals surface area contributed by atoms with E-state index in [1.165, 1.54) is 21.3 Å². The van der Waals surface area contributed by atoms with Crippen molar-refractivity contribution >= 4 is 28.9 Å². The number of imidazole rings is 1. The molecule has 3 heterocycles. The van der Waals surface area contributed by atoms with Gasteiger partial charge in [0.25, 0.3) is 0 Å². The van der Waals surface area contributed by atoms with Gasteiger partial charge < -0.3 is 24.4 Å². The number of phenols is 1. The predicted molar refractivity (Wildman–Crippen MR) is 141 cm³/mol. The van der Waals surface area contributed by atoms with Crippen molar-refractivity contribution < 1.29 is 34.0 Å². The van der Waals surface area contributed by atoms with E-state index in [4.69, 9.17) is 14.2 Å². The molecule has 1 aromatic heterocycles. The molecule has 0 spiro atoms. The zero-order chi connectivity index (χ0) is 27.4. The molecular formula is C29H24N2O8. The van der Waals surface area contributed by atoms with E-state index in [0.717, 1.165) is 0 Å². The maximum Gasteiger partial charge on any atom is 0.328 e. The lowest BCUT2D eigenvalue weighted by atomic mass is 9.86. The number of carboxylic acid groups (broad SMARTS) is 1. The van der Waals surface area contributed by atoms with Gasteiger partial charge in [-0.05, 0) is 53.6 Å². The summed E-state index contributed by atoms with van der Waals surface area (Å²) in [5, 5.41) is 20.7. The number of allylic oxidation sites excluding steroid dienone is 1. The molecule has 198 valence electrons. The fraction of sp³-hybridized carbons (Fsp3) is 0.207. The van der Waals surface area contributed by atoms with Gasteiger partial charge in [0.15, 0.2) is 17.3 Å². The molecule has 6 rings (SSSR count). The van der Waals surface area contributed by atoms with Crippen molar-refractivity contribution in [2.45, 2.75) is 12.3 Å². The minimum atomic E-state index is -1.10. The van der Waals surface area contributed by atoms with Crippen LogP contribution in [0, 0.1) is 0 Å². The van der Waals surface area contributed by atoms with E-state index in [1.807, 2.05) is 0 Å². The van der Waals surface area contributed by atoms with Crippen LogP contribution in [0.5, 0.6) is 23.0 Å². The minimum absolute atomic E-state index is 0.0310.